The van der Waals surface area contributed by atoms with E-state index in [9.17, 15) is 0 Å². The fourth-order valence-electron chi connectivity index (χ4n) is 2.84. The van der Waals surface area contributed by atoms with Crippen molar-refractivity contribution >= 4 is 17.2 Å². The summed E-state index contributed by atoms with van der Waals surface area (Å²) in [7, 11) is 8.54. The Morgan fingerprint density at radius 2 is 1.22 bits per heavy atom. The summed E-state index contributed by atoms with van der Waals surface area (Å²) in [5.41, 5.74) is 5.99. The summed E-state index contributed by atoms with van der Waals surface area (Å²) in [6.07, 6.45) is 9.37. The van der Waals surface area contributed by atoms with Crippen LogP contribution in [0.4, 0.5) is 0 Å². The Kier molecular flexibility index (Phi) is 19.1. The van der Waals surface area contributed by atoms with E-state index in [1.807, 2.05) is 0 Å². The monoisotopic (exact) mass is 427 g/mol. The minimum Gasteiger partial charge on any atom is -0.374 e. The van der Waals surface area contributed by atoms with Gasteiger partial charge in [-0.3, -0.25) is 0 Å². The highest BCUT2D eigenvalue weighted by Gasteiger charge is 2.28. The lowest BCUT2D eigenvalue weighted by molar-refractivity contribution is -0.102. The zero-order valence-corrected chi connectivity index (χ0v) is 20.1. The smallest absolute Gasteiger partial charge is 0.157 e. The third-order valence-corrected chi connectivity index (χ3v) is 7.16. The molecule has 2 unspecified atom stereocenters. The quantitative estimate of drug-likeness (QED) is 0.183. The molecule has 164 valence electrons. The van der Waals surface area contributed by atoms with Crippen LogP contribution in [0.5, 0.6) is 0 Å². The van der Waals surface area contributed by atoms with Crippen molar-refractivity contribution in [2.45, 2.75) is 57.2 Å². The van der Waals surface area contributed by atoms with Crippen LogP contribution >= 0.6 is 17.2 Å². The molecule has 0 rings (SSSR count). The van der Waals surface area contributed by atoms with Gasteiger partial charge in [-0.05, 0) is 43.9 Å². The van der Waals surface area contributed by atoms with Crippen LogP contribution < -0.4 is 5.73 Å². The first-order valence-electron chi connectivity index (χ1n) is 9.98. The molecule has 0 aromatic carbocycles. The molecule has 0 heterocycles. The maximum absolute atomic E-state index is 6.25. The third-order valence-electron chi connectivity index (χ3n) is 4.66. The van der Waals surface area contributed by atoms with E-state index in [4.69, 9.17) is 29.4 Å². The summed E-state index contributed by atoms with van der Waals surface area (Å²) in [5.74, 6) is 0. The SMILES string of the molecule is CCCOC(CN)(CCPCCC(OC)OC)CCPCCC(OC)OC. The number of methoxy groups -OCH3 is 4. The first-order valence-corrected chi connectivity index (χ1v) is 12.8. The van der Waals surface area contributed by atoms with Gasteiger partial charge in [0.1, 0.15) is 0 Å². The second kappa shape index (κ2) is 18.6. The standard InChI is InChI=1S/C19H43NO5P2/c1-6-11-25-19(16-20,9-14-26-12-7-17(21-2)22-3)10-15-27-13-8-18(23-4)24-5/h17-18,26-27H,6-16,20H2,1-5H3. The third kappa shape index (κ3) is 13.5. The van der Waals surface area contributed by atoms with Crippen molar-refractivity contribution in [2.24, 2.45) is 5.73 Å². The highest BCUT2D eigenvalue weighted by atomic mass is 31.1. The normalized spacial score (nSPS) is 15.1. The molecule has 0 saturated carbocycles. The van der Waals surface area contributed by atoms with Gasteiger partial charge in [0.25, 0.3) is 0 Å². The van der Waals surface area contributed by atoms with Crippen molar-refractivity contribution in [1.82, 2.24) is 0 Å². The van der Waals surface area contributed by atoms with Crippen LogP contribution in [0.1, 0.15) is 39.0 Å². The number of hydrogen-bond donors (Lipinski definition) is 1. The second-order valence-electron chi connectivity index (χ2n) is 6.61. The van der Waals surface area contributed by atoms with Crippen molar-refractivity contribution in [3.63, 3.8) is 0 Å². The lowest BCUT2D eigenvalue weighted by atomic mass is 9.97. The van der Waals surface area contributed by atoms with Crippen LogP contribution in [0.25, 0.3) is 0 Å². The molecule has 2 N–H and O–H groups in total. The van der Waals surface area contributed by atoms with Gasteiger partial charge >= 0.3 is 0 Å². The summed E-state index contributed by atoms with van der Waals surface area (Å²) in [6.45, 7) is 3.53. The molecule has 0 spiro atoms. The molecule has 0 bridgehead atoms. The van der Waals surface area contributed by atoms with Gasteiger partial charge in [0.2, 0.25) is 0 Å². The average molecular weight is 428 g/mol. The number of rotatable bonds is 20. The Morgan fingerprint density at radius 1 is 0.778 bits per heavy atom. The molecule has 0 fully saturated rings. The Labute approximate surface area is 170 Å². The van der Waals surface area contributed by atoms with Crippen LogP contribution in [0.3, 0.4) is 0 Å². The molecular weight excluding hydrogens is 384 g/mol. The van der Waals surface area contributed by atoms with E-state index in [1.54, 1.807) is 28.4 Å². The number of hydrogen-bond acceptors (Lipinski definition) is 6. The maximum Gasteiger partial charge on any atom is 0.157 e. The van der Waals surface area contributed by atoms with Crippen LogP contribution in [0.15, 0.2) is 0 Å². The zero-order valence-electron chi connectivity index (χ0n) is 18.1. The van der Waals surface area contributed by atoms with Gasteiger partial charge in [0, 0.05) is 54.4 Å². The van der Waals surface area contributed by atoms with E-state index in [0.29, 0.717) is 6.54 Å². The van der Waals surface area contributed by atoms with E-state index < -0.39 is 0 Å². The molecule has 0 aromatic heterocycles. The lowest BCUT2D eigenvalue weighted by Crippen LogP contribution is -2.42. The molecule has 0 aliphatic heterocycles. The average Bonchev–Trinajstić information content (AvgIpc) is 2.71. The molecule has 0 aliphatic rings. The van der Waals surface area contributed by atoms with Crippen molar-refractivity contribution in [3.05, 3.63) is 0 Å². The summed E-state index contributed by atoms with van der Waals surface area (Å²) in [6, 6.07) is 0. The van der Waals surface area contributed by atoms with Gasteiger partial charge in [0.05, 0.1) is 5.60 Å². The zero-order chi connectivity index (χ0) is 20.4. The molecule has 2 atom stereocenters. The fraction of sp³-hybridized carbons (Fsp3) is 1.00. The summed E-state index contributed by atoms with van der Waals surface area (Å²) in [4.78, 5) is 0. The van der Waals surface area contributed by atoms with Crippen molar-refractivity contribution in [3.8, 4) is 0 Å². The first kappa shape index (κ1) is 27.6. The predicted molar refractivity (Wildman–Crippen MR) is 118 cm³/mol. The summed E-state index contributed by atoms with van der Waals surface area (Å²) < 4.78 is 27.3. The Morgan fingerprint density at radius 3 is 1.56 bits per heavy atom. The molecule has 0 radical (unpaired) electrons. The fourth-order valence-corrected chi connectivity index (χ4v) is 5.48. The highest BCUT2D eigenvalue weighted by Crippen LogP contribution is 2.29. The largest absolute Gasteiger partial charge is 0.374 e. The second-order valence-corrected chi connectivity index (χ2v) is 9.61. The van der Waals surface area contributed by atoms with E-state index in [0.717, 1.165) is 80.5 Å². The van der Waals surface area contributed by atoms with E-state index in [1.165, 1.54) is 0 Å². The van der Waals surface area contributed by atoms with Gasteiger partial charge < -0.3 is 29.4 Å². The number of ether oxygens (including phenoxy) is 5. The molecule has 0 aromatic rings. The number of nitrogens with two attached hydrogens (primary N) is 1. The maximum atomic E-state index is 6.25. The van der Waals surface area contributed by atoms with Gasteiger partial charge in [0.15, 0.2) is 12.6 Å². The van der Waals surface area contributed by atoms with Gasteiger partial charge in [-0.2, -0.15) is 0 Å². The molecule has 0 aliphatic carbocycles. The minimum absolute atomic E-state index is 0.0858. The molecule has 0 amide bonds. The van der Waals surface area contributed by atoms with Crippen LogP contribution in [-0.2, 0) is 23.7 Å². The molecule has 6 nitrogen and oxygen atoms in total. The highest BCUT2D eigenvalue weighted by molar-refractivity contribution is 7.38. The van der Waals surface area contributed by atoms with Gasteiger partial charge in [-0.1, -0.05) is 6.92 Å². The Balaban J connectivity index is 4.25. The van der Waals surface area contributed by atoms with Crippen molar-refractivity contribution < 1.29 is 23.7 Å². The van der Waals surface area contributed by atoms with Gasteiger partial charge in [-0.25, -0.2) is 0 Å². The summed E-state index contributed by atoms with van der Waals surface area (Å²) >= 11 is 0. The van der Waals surface area contributed by atoms with E-state index in [-0.39, 0.29) is 18.2 Å². The molecule has 0 saturated heterocycles. The van der Waals surface area contributed by atoms with Crippen LogP contribution in [0.2, 0.25) is 0 Å². The molecular formula is C19H43NO5P2. The predicted octanol–water partition coefficient (Wildman–Crippen LogP) is 3.27. The Bertz CT molecular complexity index is 296. The molecule has 8 heteroatoms. The van der Waals surface area contributed by atoms with E-state index in [2.05, 4.69) is 6.92 Å². The Hall–Kier alpha value is 0.620. The first-order chi connectivity index (χ1) is 13.1. The molecule has 27 heavy (non-hydrogen) atoms. The van der Waals surface area contributed by atoms with Crippen molar-refractivity contribution in [1.29, 1.82) is 0 Å². The van der Waals surface area contributed by atoms with Gasteiger partial charge in [-0.15, -0.1) is 17.2 Å². The van der Waals surface area contributed by atoms with E-state index >= 15 is 0 Å². The van der Waals surface area contributed by atoms with Crippen molar-refractivity contribution in [2.75, 3.05) is 66.2 Å². The van der Waals surface area contributed by atoms with Crippen LogP contribution in [-0.4, -0.2) is 84.4 Å². The lowest BCUT2D eigenvalue weighted by Gasteiger charge is -2.33. The minimum atomic E-state index is -0.167. The topological polar surface area (TPSA) is 72.2 Å². The summed E-state index contributed by atoms with van der Waals surface area (Å²) in [5, 5.41) is 0. The van der Waals surface area contributed by atoms with Crippen LogP contribution in [0, 0.1) is 0 Å².